The fourth-order valence-electron chi connectivity index (χ4n) is 3.25. The number of aliphatic hydroxyl groups excluding tert-OH is 1. The van der Waals surface area contributed by atoms with E-state index in [1.807, 2.05) is 0 Å². The second kappa shape index (κ2) is 7.67. The van der Waals surface area contributed by atoms with Crippen LogP contribution in [0, 0.1) is 5.92 Å². The van der Waals surface area contributed by atoms with Crippen molar-refractivity contribution in [3.8, 4) is 11.5 Å². The molecule has 2 aromatic rings. The Morgan fingerprint density at radius 1 is 1.41 bits per heavy atom. The number of hydrogen-bond donors (Lipinski definition) is 3. The number of amides is 1. The van der Waals surface area contributed by atoms with Crippen molar-refractivity contribution in [3.63, 3.8) is 0 Å². The van der Waals surface area contributed by atoms with E-state index in [1.165, 1.54) is 0 Å². The maximum Gasteiger partial charge on any atom is 0.229 e. The van der Waals surface area contributed by atoms with Gasteiger partial charge in [0.2, 0.25) is 11.9 Å². The number of carbonyl (C=O) groups excluding carboxylic acids is 1. The van der Waals surface area contributed by atoms with Gasteiger partial charge in [0, 0.05) is 24.3 Å². The lowest BCUT2D eigenvalue weighted by Crippen LogP contribution is -2.40. The van der Waals surface area contributed by atoms with Crippen molar-refractivity contribution < 1.29 is 19.4 Å². The number of benzene rings is 1. The lowest BCUT2D eigenvalue weighted by Gasteiger charge is -2.33. The van der Waals surface area contributed by atoms with Gasteiger partial charge in [-0.25, -0.2) is 4.68 Å². The van der Waals surface area contributed by atoms with Gasteiger partial charge in [-0.15, -0.1) is 0 Å². The molecule has 0 saturated carbocycles. The summed E-state index contributed by atoms with van der Waals surface area (Å²) in [6.07, 6.45) is 1.05. The standard InChI is InChI=1S/C18H23N5O4/c1-10-15(17(19)25)16(12-9-11(26-2)6-7-13(12)27-3)23-18(20-10)21-14(22-23)5-4-8-24/h6-7,9,15-16,24H,1,4-5,8H2,2-3H3,(H2,19,25)(H,20,21,22)/t15-,16+/m0/s1. The van der Waals surface area contributed by atoms with E-state index in [9.17, 15) is 4.79 Å². The number of nitrogens with zero attached hydrogens (tertiary/aromatic N) is 3. The number of anilines is 1. The fraction of sp³-hybridized carbons (Fsp3) is 0.389. The van der Waals surface area contributed by atoms with Crippen molar-refractivity contribution in [2.45, 2.75) is 18.9 Å². The summed E-state index contributed by atoms with van der Waals surface area (Å²) in [6, 6.07) is 4.73. The van der Waals surface area contributed by atoms with Crippen LogP contribution in [0.25, 0.3) is 0 Å². The second-order valence-electron chi connectivity index (χ2n) is 6.21. The van der Waals surface area contributed by atoms with Crippen molar-refractivity contribution in [1.29, 1.82) is 0 Å². The number of fused-ring (bicyclic) bond motifs is 1. The van der Waals surface area contributed by atoms with Gasteiger partial charge in [0.25, 0.3) is 0 Å². The van der Waals surface area contributed by atoms with E-state index < -0.39 is 17.9 Å². The first-order valence-corrected chi connectivity index (χ1v) is 8.53. The van der Waals surface area contributed by atoms with Crippen LogP contribution in [0.3, 0.4) is 0 Å². The minimum atomic E-state index is -0.758. The third kappa shape index (κ3) is 3.45. The predicted molar refractivity (Wildman–Crippen MR) is 98.6 cm³/mol. The van der Waals surface area contributed by atoms with Gasteiger partial charge in [0.15, 0.2) is 5.82 Å². The van der Waals surface area contributed by atoms with E-state index >= 15 is 0 Å². The summed E-state index contributed by atoms with van der Waals surface area (Å²) in [4.78, 5) is 16.7. The molecule has 1 aromatic carbocycles. The summed E-state index contributed by atoms with van der Waals surface area (Å²) in [5.41, 5.74) is 6.80. The molecule has 1 aromatic heterocycles. The maximum absolute atomic E-state index is 12.2. The second-order valence-corrected chi connectivity index (χ2v) is 6.21. The van der Waals surface area contributed by atoms with Gasteiger partial charge in [-0.05, 0) is 24.6 Å². The van der Waals surface area contributed by atoms with Crippen LogP contribution in [0.1, 0.15) is 23.9 Å². The van der Waals surface area contributed by atoms with E-state index in [1.54, 1.807) is 37.1 Å². The number of carbonyl (C=O) groups is 1. The molecule has 0 saturated heterocycles. The first-order chi connectivity index (χ1) is 13.0. The van der Waals surface area contributed by atoms with Crippen LogP contribution < -0.4 is 20.5 Å². The highest BCUT2D eigenvalue weighted by Crippen LogP contribution is 2.42. The Hall–Kier alpha value is -3.07. The van der Waals surface area contributed by atoms with Gasteiger partial charge in [-0.1, -0.05) is 6.58 Å². The van der Waals surface area contributed by atoms with Gasteiger partial charge in [-0.3, -0.25) is 4.79 Å². The number of aromatic nitrogens is 3. The smallest absolute Gasteiger partial charge is 0.229 e. The summed E-state index contributed by atoms with van der Waals surface area (Å²) in [5.74, 6) is 0.892. The molecule has 0 fully saturated rings. The fourth-order valence-corrected chi connectivity index (χ4v) is 3.25. The molecule has 27 heavy (non-hydrogen) atoms. The van der Waals surface area contributed by atoms with Crippen molar-refractivity contribution in [1.82, 2.24) is 14.8 Å². The zero-order valence-corrected chi connectivity index (χ0v) is 15.3. The average Bonchev–Trinajstić information content (AvgIpc) is 3.06. The van der Waals surface area contributed by atoms with Crippen molar-refractivity contribution >= 4 is 11.9 Å². The molecule has 2 atom stereocenters. The van der Waals surface area contributed by atoms with Crippen LogP contribution in [-0.2, 0) is 11.2 Å². The molecular weight excluding hydrogens is 350 g/mol. The number of hydrogen-bond acceptors (Lipinski definition) is 7. The summed E-state index contributed by atoms with van der Waals surface area (Å²) >= 11 is 0. The highest BCUT2D eigenvalue weighted by Gasteiger charge is 2.40. The average molecular weight is 373 g/mol. The first kappa shape index (κ1) is 18.7. The molecule has 144 valence electrons. The lowest BCUT2D eigenvalue weighted by atomic mass is 9.88. The highest BCUT2D eigenvalue weighted by atomic mass is 16.5. The van der Waals surface area contributed by atoms with E-state index in [-0.39, 0.29) is 6.61 Å². The van der Waals surface area contributed by atoms with Crippen molar-refractivity contribution in [2.24, 2.45) is 11.7 Å². The van der Waals surface area contributed by atoms with Crippen LogP contribution in [0.15, 0.2) is 30.5 Å². The zero-order valence-electron chi connectivity index (χ0n) is 15.3. The molecule has 0 radical (unpaired) electrons. The van der Waals surface area contributed by atoms with Gasteiger partial charge in [0.1, 0.15) is 23.5 Å². The number of aliphatic hydroxyl groups is 1. The SMILES string of the molecule is C=C1Nc2nc(CCCO)nn2[C@H](c2cc(OC)ccc2OC)[C@H]1C(N)=O. The number of nitrogens with one attached hydrogen (secondary N) is 1. The molecule has 2 heterocycles. The normalized spacial score (nSPS) is 18.6. The van der Waals surface area contributed by atoms with E-state index in [0.717, 1.165) is 0 Å². The third-order valence-electron chi connectivity index (χ3n) is 4.52. The summed E-state index contributed by atoms with van der Waals surface area (Å²) in [7, 11) is 3.11. The van der Waals surface area contributed by atoms with Crippen LogP contribution in [0.5, 0.6) is 11.5 Å². The Labute approximate surface area is 156 Å². The Morgan fingerprint density at radius 2 is 2.19 bits per heavy atom. The molecule has 0 unspecified atom stereocenters. The highest BCUT2D eigenvalue weighted by molar-refractivity contribution is 5.82. The molecule has 0 bridgehead atoms. The van der Waals surface area contributed by atoms with Gasteiger partial charge in [-0.2, -0.15) is 10.1 Å². The monoisotopic (exact) mass is 373 g/mol. The number of aryl methyl sites for hydroxylation is 1. The van der Waals surface area contributed by atoms with Gasteiger partial charge >= 0.3 is 0 Å². The first-order valence-electron chi connectivity index (χ1n) is 8.53. The van der Waals surface area contributed by atoms with E-state index in [0.29, 0.717) is 47.4 Å². The number of nitrogens with two attached hydrogens (primary N) is 1. The van der Waals surface area contributed by atoms with Crippen LogP contribution in [-0.4, -0.2) is 46.6 Å². The van der Waals surface area contributed by atoms with E-state index in [4.69, 9.17) is 20.3 Å². The molecule has 3 rings (SSSR count). The lowest BCUT2D eigenvalue weighted by molar-refractivity contribution is -0.121. The summed E-state index contributed by atoms with van der Waals surface area (Å²) in [6.45, 7) is 4.00. The topological polar surface area (TPSA) is 125 Å². The van der Waals surface area contributed by atoms with E-state index in [2.05, 4.69) is 22.0 Å². The van der Waals surface area contributed by atoms with Crippen molar-refractivity contribution in [3.05, 3.63) is 41.9 Å². The Kier molecular flexibility index (Phi) is 5.31. The largest absolute Gasteiger partial charge is 0.497 e. The van der Waals surface area contributed by atoms with Gasteiger partial charge < -0.3 is 25.6 Å². The number of ether oxygens (including phenoxy) is 2. The third-order valence-corrected chi connectivity index (χ3v) is 4.52. The van der Waals surface area contributed by atoms with Crippen LogP contribution in [0.4, 0.5) is 5.95 Å². The molecule has 4 N–H and O–H groups in total. The molecule has 9 nitrogen and oxygen atoms in total. The summed E-state index contributed by atoms with van der Waals surface area (Å²) in [5, 5.41) is 16.6. The molecule has 1 aliphatic rings. The molecule has 0 spiro atoms. The molecule has 1 aliphatic heterocycles. The zero-order chi connectivity index (χ0) is 19.6. The molecular formula is C18H23N5O4. The number of primary amides is 1. The number of rotatable bonds is 7. The molecule has 1 amide bonds. The van der Waals surface area contributed by atoms with Gasteiger partial charge in [0.05, 0.1) is 14.2 Å². The summed E-state index contributed by atoms with van der Waals surface area (Å²) < 4.78 is 12.4. The minimum absolute atomic E-state index is 0.0427. The minimum Gasteiger partial charge on any atom is -0.497 e. The quantitative estimate of drug-likeness (QED) is 0.657. The van der Waals surface area contributed by atoms with Crippen LogP contribution in [0.2, 0.25) is 0 Å². The molecule has 9 heteroatoms. The number of methoxy groups -OCH3 is 2. The Balaban J connectivity index is 2.17. The predicted octanol–water partition coefficient (Wildman–Crippen LogP) is 0.850. The maximum atomic E-state index is 12.2. The van der Waals surface area contributed by atoms with Crippen molar-refractivity contribution in [2.75, 3.05) is 26.1 Å². The Morgan fingerprint density at radius 3 is 2.81 bits per heavy atom. The molecule has 0 aliphatic carbocycles. The van der Waals surface area contributed by atoms with Crippen LogP contribution >= 0.6 is 0 Å². The Bertz CT molecular complexity index is 863.